The Hall–Kier alpha value is -3.84. The molecule has 0 radical (unpaired) electrons. The number of para-hydroxylation sites is 1. The normalized spacial score (nSPS) is 13.8. The first-order chi connectivity index (χ1) is 16.6. The van der Waals surface area contributed by atoms with Crippen LogP contribution in [0.5, 0.6) is 17.2 Å². The van der Waals surface area contributed by atoms with Crippen molar-refractivity contribution in [2.45, 2.75) is 19.3 Å². The molecule has 0 atom stereocenters. The van der Waals surface area contributed by atoms with E-state index in [4.69, 9.17) is 9.47 Å². The molecule has 0 aromatic heterocycles. The molecule has 1 saturated heterocycles. The number of carboxylic acids is 1. The molecule has 1 fully saturated rings. The number of nitrogens with one attached hydrogen (secondary N) is 1. The summed E-state index contributed by atoms with van der Waals surface area (Å²) in [5, 5.41) is 11.9. The number of carbonyl (C=O) groups is 2. The van der Waals surface area contributed by atoms with Crippen LogP contribution in [0.3, 0.4) is 0 Å². The van der Waals surface area contributed by atoms with Gasteiger partial charge in [-0.3, -0.25) is 9.69 Å². The van der Waals surface area contributed by atoms with Crippen LogP contribution in [-0.2, 0) is 0 Å². The number of ether oxygens (including phenoxy) is 2. The van der Waals surface area contributed by atoms with E-state index in [0.717, 1.165) is 25.4 Å². The van der Waals surface area contributed by atoms with Crippen LogP contribution < -0.4 is 14.8 Å². The fraction of sp³-hybridized carbons (Fsp3) is 0.259. The highest BCUT2D eigenvalue weighted by atomic mass is 16.5. The number of benzene rings is 3. The van der Waals surface area contributed by atoms with Gasteiger partial charge in [0.15, 0.2) is 0 Å². The number of hydrogen-bond donors (Lipinski definition) is 2. The minimum absolute atomic E-state index is 0.0368. The molecule has 0 aliphatic carbocycles. The summed E-state index contributed by atoms with van der Waals surface area (Å²) >= 11 is 0. The number of nitrogens with zero attached hydrogens (tertiary/aromatic N) is 1. The van der Waals surface area contributed by atoms with E-state index < -0.39 is 11.9 Å². The number of likely N-dealkylation sites (tertiary alicyclic amines) is 1. The number of carbonyl (C=O) groups excluding carboxylic acids is 1. The second-order valence-electron chi connectivity index (χ2n) is 8.15. The van der Waals surface area contributed by atoms with Gasteiger partial charge in [0.2, 0.25) is 0 Å². The van der Waals surface area contributed by atoms with Gasteiger partial charge in [-0.1, -0.05) is 18.6 Å². The van der Waals surface area contributed by atoms with Crippen molar-refractivity contribution in [2.24, 2.45) is 0 Å². The molecular weight excluding hydrogens is 432 g/mol. The van der Waals surface area contributed by atoms with Gasteiger partial charge in [-0.2, -0.15) is 0 Å². The fourth-order valence-electron chi connectivity index (χ4n) is 3.86. The van der Waals surface area contributed by atoms with Gasteiger partial charge in [-0.25, -0.2) is 4.79 Å². The van der Waals surface area contributed by atoms with E-state index in [9.17, 15) is 14.7 Å². The van der Waals surface area contributed by atoms with Crippen molar-refractivity contribution in [1.29, 1.82) is 0 Å². The predicted molar refractivity (Wildman–Crippen MR) is 130 cm³/mol. The van der Waals surface area contributed by atoms with E-state index >= 15 is 0 Å². The van der Waals surface area contributed by atoms with Gasteiger partial charge in [0.05, 0.1) is 11.3 Å². The van der Waals surface area contributed by atoms with E-state index in [2.05, 4.69) is 10.2 Å². The average molecular weight is 461 g/mol. The quantitative estimate of drug-likeness (QED) is 0.451. The highest BCUT2D eigenvalue weighted by molar-refractivity contribution is 6.07. The molecule has 176 valence electrons. The SMILES string of the molecule is O=C(Nc1ccccc1C(=O)O)c1ccc(Oc2ccc(OCCN3CCCCC3)cc2)cc1. The zero-order chi connectivity index (χ0) is 23.8. The summed E-state index contributed by atoms with van der Waals surface area (Å²) in [6.07, 6.45) is 3.88. The topological polar surface area (TPSA) is 88.1 Å². The fourth-order valence-corrected chi connectivity index (χ4v) is 3.86. The monoisotopic (exact) mass is 460 g/mol. The largest absolute Gasteiger partial charge is 0.492 e. The summed E-state index contributed by atoms with van der Waals surface area (Å²) in [5.74, 6) is 0.555. The molecule has 7 heteroatoms. The summed E-state index contributed by atoms with van der Waals surface area (Å²) in [6, 6.07) is 20.4. The highest BCUT2D eigenvalue weighted by Crippen LogP contribution is 2.25. The Morgan fingerprint density at radius 2 is 1.44 bits per heavy atom. The molecule has 0 spiro atoms. The van der Waals surface area contributed by atoms with Gasteiger partial charge < -0.3 is 19.9 Å². The van der Waals surface area contributed by atoms with Gasteiger partial charge in [-0.05, 0) is 86.6 Å². The summed E-state index contributed by atoms with van der Waals surface area (Å²) in [4.78, 5) is 26.3. The minimum atomic E-state index is -1.10. The van der Waals surface area contributed by atoms with Crippen LogP contribution >= 0.6 is 0 Å². The average Bonchev–Trinajstić information content (AvgIpc) is 2.86. The lowest BCUT2D eigenvalue weighted by atomic mass is 10.1. The van der Waals surface area contributed by atoms with Crippen LogP contribution in [0.15, 0.2) is 72.8 Å². The Kier molecular flexibility index (Phi) is 7.78. The minimum Gasteiger partial charge on any atom is -0.492 e. The lowest BCUT2D eigenvalue weighted by Crippen LogP contribution is -2.33. The first-order valence-corrected chi connectivity index (χ1v) is 11.5. The first kappa shape index (κ1) is 23.3. The molecule has 3 aromatic rings. The standard InChI is InChI=1S/C27H28N2O5/c30-26(28-25-7-3-2-6-24(25)27(31)32)20-8-10-22(11-9-20)34-23-14-12-21(13-15-23)33-19-18-29-16-4-1-5-17-29/h2-3,6-15H,1,4-5,16-19H2,(H,28,30)(H,31,32). The molecule has 1 aliphatic heterocycles. The van der Waals surface area contributed by atoms with E-state index in [0.29, 0.717) is 23.7 Å². The van der Waals surface area contributed by atoms with Crippen molar-refractivity contribution in [3.05, 3.63) is 83.9 Å². The summed E-state index contributed by atoms with van der Waals surface area (Å²) in [5.41, 5.74) is 0.679. The van der Waals surface area contributed by atoms with Gasteiger partial charge in [0.25, 0.3) is 5.91 Å². The maximum atomic E-state index is 12.5. The van der Waals surface area contributed by atoms with Crippen molar-refractivity contribution in [2.75, 3.05) is 31.6 Å². The molecule has 0 unspecified atom stereocenters. The second-order valence-corrected chi connectivity index (χ2v) is 8.15. The van der Waals surface area contributed by atoms with Crippen LogP contribution in [0.1, 0.15) is 40.0 Å². The van der Waals surface area contributed by atoms with Gasteiger partial charge in [0, 0.05) is 12.1 Å². The van der Waals surface area contributed by atoms with Crippen molar-refractivity contribution in [3.63, 3.8) is 0 Å². The number of piperidine rings is 1. The summed E-state index contributed by atoms with van der Waals surface area (Å²) < 4.78 is 11.7. The molecule has 4 rings (SSSR count). The maximum Gasteiger partial charge on any atom is 0.337 e. The van der Waals surface area contributed by atoms with Gasteiger partial charge in [-0.15, -0.1) is 0 Å². The van der Waals surface area contributed by atoms with Crippen LogP contribution in [-0.4, -0.2) is 48.1 Å². The molecule has 0 saturated carbocycles. The molecule has 34 heavy (non-hydrogen) atoms. The van der Waals surface area contributed by atoms with Crippen LogP contribution in [0.2, 0.25) is 0 Å². The Morgan fingerprint density at radius 3 is 2.12 bits per heavy atom. The predicted octanol–water partition coefficient (Wildman–Crippen LogP) is 5.29. The second kappa shape index (κ2) is 11.3. The molecule has 3 aromatic carbocycles. The molecule has 1 heterocycles. The maximum absolute atomic E-state index is 12.5. The number of amides is 1. The molecule has 7 nitrogen and oxygen atoms in total. The van der Waals surface area contributed by atoms with Crippen molar-refractivity contribution in [1.82, 2.24) is 4.90 Å². The summed E-state index contributed by atoms with van der Waals surface area (Å²) in [6.45, 7) is 3.93. The Bertz CT molecular complexity index is 1110. The molecule has 0 bridgehead atoms. The van der Waals surface area contributed by atoms with Crippen molar-refractivity contribution in [3.8, 4) is 17.2 Å². The third-order valence-corrected chi connectivity index (χ3v) is 5.71. The number of hydrogen-bond acceptors (Lipinski definition) is 5. The first-order valence-electron chi connectivity index (χ1n) is 11.5. The van der Waals surface area contributed by atoms with E-state index in [-0.39, 0.29) is 11.3 Å². The van der Waals surface area contributed by atoms with E-state index in [1.165, 1.54) is 25.3 Å². The van der Waals surface area contributed by atoms with E-state index in [1.54, 1.807) is 42.5 Å². The van der Waals surface area contributed by atoms with Crippen LogP contribution in [0.25, 0.3) is 0 Å². The summed E-state index contributed by atoms with van der Waals surface area (Å²) in [7, 11) is 0. The van der Waals surface area contributed by atoms with Gasteiger partial charge >= 0.3 is 5.97 Å². The number of anilines is 1. The lowest BCUT2D eigenvalue weighted by molar-refractivity contribution is 0.0698. The zero-order valence-corrected chi connectivity index (χ0v) is 18.9. The molecule has 1 aliphatic rings. The van der Waals surface area contributed by atoms with Crippen LogP contribution in [0, 0.1) is 0 Å². The molecule has 2 N–H and O–H groups in total. The number of aromatic carboxylic acids is 1. The van der Waals surface area contributed by atoms with E-state index in [1.807, 2.05) is 24.3 Å². The molecule has 1 amide bonds. The van der Waals surface area contributed by atoms with Gasteiger partial charge in [0.1, 0.15) is 23.9 Å². The Morgan fingerprint density at radius 1 is 0.824 bits per heavy atom. The number of rotatable bonds is 9. The third-order valence-electron chi connectivity index (χ3n) is 5.71. The van der Waals surface area contributed by atoms with Crippen LogP contribution in [0.4, 0.5) is 5.69 Å². The number of carboxylic acid groups (broad SMARTS) is 1. The molecular formula is C27H28N2O5. The lowest BCUT2D eigenvalue weighted by Gasteiger charge is -2.26. The Balaban J connectivity index is 1.28. The third kappa shape index (κ3) is 6.36. The zero-order valence-electron chi connectivity index (χ0n) is 18.9. The Labute approximate surface area is 198 Å². The van der Waals surface area contributed by atoms with Crippen molar-refractivity contribution < 1.29 is 24.2 Å². The highest BCUT2D eigenvalue weighted by Gasteiger charge is 2.13. The van der Waals surface area contributed by atoms with Crippen molar-refractivity contribution >= 4 is 17.6 Å². The smallest absolute Gasteiger partial charge is 0.337 e.